The zero-order valence-corrected chi connectivity index (χ0v) is 12.4. The monoisotopic (exact) mass is 275 g/mol. The molecule has 0 spiro atoms. The van der Waals surface area contributed by atoms with Gasteiger partial charge in [0, 0.05) is 19.1 Å². The van der Waals surface area contributed by atoms with E-state index < -0.39 is 0 Å². The van der Waals surface area contributed by atoms with E-state index in [2.05, 4.69) is 41.4 Å². The topological polar surface area (TPSA) is 58.4 Å². The predicted molar refractivity (Wildman–Crippen MR) is 81.4 cm³/mol. The maximum atomic E-state index is 12.1. The molecule has 3 N–H and O–H groups in total. The Hall–Kier alpha value is -1.39. The molecule has 0 aliphatic carbocycles. The minimum Gasteiger partial charge on any atom is -0.348 e. The summed E-state index contributed by atoms with van der Waals surface area (Å²) < 4.78 is 0. The second-order valence-corrected chi connectivity index (χ2v) is 5.81. The minimum absolute atomic E-state index is 0.0511. The SMILES string of the molecule is Cc1ccc([C@H](C)NC(=O)CN2CCC(N)CC2)cc1. The highest BCUT2D eigenvalue weighted by atomic mass is 16.2. The van der Waals surface area contributed by atoms with Gasteiger partial charge in [-0.15, -0.1) is 0 Å². The van der Waals surface area contributed by atoms with Gasteiger partial charge in [-0.3, -0.25) is 9.69 Å². The molecule has 1 aliphatic heterocycles. The van der Waals surface area contributed by atoms with E-state index in [1.165, 1.54) is 5.56 Å². The summed E-state index contributed by atoms with van der Waals surface area (Å²) in [6.45, 7) is 6.41. The average molecular weight is 275 g/mol. The van der Waals surface area contributed by atoms with Crippen molar-refractivity contribution in [2.24, 2.45) is 5.73 Å². The molecular weight excluding hydrogens is 250 g/mol. The predicted octanol–water partition coefficient (Wildman–Crippen LogP) is 1.60. The molecule has 2 rings (SSSR count). The van der Waals surface area contributed by atoms with Crippen molar-refractivity contribution in [3.05, 3.63) is 35.4 Å². The van der Waals surface area contributed by atoms with Crippen molar-refractivity contribution < 1.29 is 4.79 Å². The molecule has 4 nitrogen and oxygen atoms in total. The highest BCUT2D eigenvalue weighted by Gasteiger charge is 2.19. The van der Waals surface area contributed by atoms with Crippen molar-refractivity contribution in [3.8, 4) is 0 Å². The summed E-state index contributed by atoms with van der Waals surface area (Å²) in [5.41, 5.74) is 8.25. The highest BCUT2D eigenvalue weighted by Crippen LogP contribution is 2.13. The third-order valence-electron chi connectivity index (χ3n) is 3.95. The zero-order valence-electron chi connectivity index (χ0n) is 12.4. The molecule has 1 aliphatic rings. The van der Waals surface area contributed by atoms with Crippen molar-refractivity contribution in [1.29, 1.82) is 0 Å². The van der Waals surface area contributed by atoms with Crippen molar-refractivity contribution in [2.75, 3.05) is 19.6 Å². The first-order chi connectivity index (χ1) is 9.54. The lowest BCUT2D eigenvalue weighted by Gasteiger charge is -2.29. The maximum Gasteiger partial charge on any atom is 0.234 e. The Labute approximate surface area is 121 Å². The number of rotatable bonds is 4. The van der Waals surface area contributed by atoms with E-state index in [1.54, 1.807) is 0 Å². The summed E-state index contributed by atoms with van der Waals surface area (Å²) in [6.07, 6.45) is 1.97. The van der Waals surface area contributed by atoms with Crippen molar-refractivity contribution in [2.45, 2.75) is 38.8 Å². The number of amides is 1. The van der Waals surface area contributed by atoms with Gasteiger partial charge in [-0.05, 0) is 32.3 Å². The Morgan fingerprint density at radius 3 is 2.55 bits per heavy atom. The molecule has 0 unspecified atom stereocenters. The lowest BCUT2D eigenvalue weighted by atomic mass is 10.1. The van der Waals surface area contributed by atoms with Gasteiger partial charge in [0.25, 0.3) is 0 Å². The molecule has 1 aromatic rings. The average Bonchev–Trinajstić information content (AvgIpc) is 2.42. The van der Waals surface area contributed by atoms with E-state index in [-0.39, 0.29) is 11.9 Å². The molecule has 1 aromatic carbocycles. The Balaban J connectivity index is 1.80. The first-order valence-electron chi connectivity index (χ1n) is 7.38. The van der Waals surface area contributed by atoms with Crippen LogP contribution in [0.3, 0.4) is 0 Å². The third-order valence-corrected chi connectivity index (χ3v) is 3.95. The number of piperidine rings is 1. The van der Waals surface area contributed by atoms with Gasteiger partial charge in [-0.25, -0.2) is 0 Å². The molecule has 0 bridgehead atoms. The molecule has 1 fully saturated rings. The van der Waals surface area contributed by atoms with Gasteiger partial charge in [0.05, 0.1) is 12.6 Å². The molecule has 0 radical (unpaired) electrons. The number of nitrogens with two attached hydrogens (primary N) is 1. The number of benzene rings is 1. The second-order valence-electron chi connectivity index (χ2n) is 5.81. The van der Waals surface area contributed by atoms with Crippen molar-refractivity contribution >= 4 is 5.91 Å². The maximum absolute atomic E-state index is 12.1. The van der Waals surface area contributed by atoms with Crippen molar-refractivity contribution in [1.82, 2.24) is 10.2 Å². The minimum atomic E-state index is 0.0511. The Bertz CT molecular complexity index is 436. The van der Waals surface area contributed by atoms with E-state index >= 15 is 0 Å². The Morgan fingerprint density at radius 2 is 1.95 bits per heavy atom. The molecule has 110 valence electrons. The molecule has 1 heterocycles. The number of carbonyl (C=O) groups excluding carboxylic acids is 1. The van der Waals surface area contributed by atoms with E-state index in [0.29, 0.717) is 12.6 Å². The number of hydrogen-bond donors (Lipinski definition) is 2. The zero-order chi connectivity index (χ0) is 14.5. The summed E-state index contributed by atoms with van der Waals surface area (Å²) in [7, 11) is 0. The molecular formula is C16H25N3O. The first kappa shape index (κ1) is 15.0. The fourth-order valence-corrected chi connectivity index (χ4v) is 2.54. The standard InChI is InChI=1S/C16H25N3O/c1-12-3-5-14(6-4-12)13(2)18-16(20)11-19-9-7-15(17)8-10-19/h3-6,13,15H,7-11,17H2,1-2H3,(H,18,20)/t13-/m0/s1. The summed E-state index contributed by atoms with van der Waals surface area (Å²) in [5, 5.41) is 3.06. The van der Waals surface area contributed by atoms with Gasteiger partial charge < -0.3 is 11.1 Å². The van der Waals surface area contributed by atoms with Gasteiger partial charge in [0.15, 0.2) is 0 Å². The van der Waals surface area contributed by atoms with Crippen LogP contribution in [0, 0.1) is 6.92 Å². The lowest BCUT2D eigenvalue weighted by molar-refractivity contribution is -0.123. The Kier molecular flexibility index (Phi) is 5.15. The van der Waals surface area contributed by atoms with Gasteiger partial charge in [-0.2, -0.15) is 0 Å². The summed E-state index contributed by atoms with van der Waals surface area (Å²) in [5.74, 6) is 0.0912. The van der Waals surface area contributed by atoms with Crippen LogP contribution in [0.5, 0.6) is 0 Å². The van der Waals surface area contributed by atoms with Crippen LogP contribution in [0.25, 0.3) is 0 Å². The van der Waals surface area contributed by atoms with E-state index in [1.807, 2.05) is 6.92 Å². The van der Waals surface area contributed by atoms with Crippen LogP contribution in [0.15, 0.2) is 24.3 Å². The molecule has 4 heteroatoms. The quantitative estimate of drug-likeness (QED) is 0.877. The van der Waals surface area contributed by atoms with E-state index in [4.69, 9.17) is 5.73 Å². The van der Waals surface area contributed by atoms with Crippen LogP contribution in [0.1, 0.15) is 36.9 Å². The van der Waals surface area contributed by atoms with Gasteiger partial charge in [0.1, 0.15) is 0 Å². The second kappa shape index (κ2) is 6.86. The van der Waals surface area contributed by atoms with Crippen LogP contribution in [0.4, 0.5) is 0 Å². The molecule has 0 saturated carbocycles. The molecule has 1 saturated heterocycles. The van der Waals surface area contributed by atoms with Gasteiger partial charge in [-0.1, -0.05) is 29.8 Å². The number of aryl methyl sites for hydroxylation is 1. The van der Waals surface area contributed by atoms with Crippen LogP contribution in [-0.4, -0.2) is 36.5 Å². The summed E-state index contributed by atoms with van der Waals surface area (Å²) in [6, 6.07) is 8.64. The van der Waals surface area contributed by atoms with Gasteiger partial charge in [0.2, 0.25) is 5.91 Å². The molecule has 1 amide bonds. The summed E-state index contributed by atoms with van der Waals surface area (Å²) in [4.78, 5) is 14.2. The largest absolute Gasteiger partial charge is 0.348 e. The number of carbonyl (C=O) groups is 1. The highest BCUT2D eigenvalue weighted by molar-refractivity contribution is 5.78. The van der Waals surface area contributed by atoms with Crippen LogP contribution >= 0.6 is 0 Å². The molecule has 20 heavy (non-hydrogen) atoms. The fraction of sp³-hybridized carbons (Fsp3) is 0.562. The number of hydrogen-bond acceptors (Lipinski definition) is 3. The molecule has 0 aromatic heterocycles. The lowest BCUT2D eigenvalue weighted by Crippen LogP contribution is -2.44. The smallest absolute Gasteiger partial charge is 0.234 e. The van der Waals surface area contributed by atoms with Crippen LogP contribution < -0.4 is 11.1 Å². The number of nitrogens with one attached hydrogen (secondary N) is 1. The summed E-state index contributed by atoms with van der Waals surface area (Å²) >= 11 is 0. The van der Waals surface area contributed by atoms with Gasteiger partial charge >= 0.3 is 0 Å². The van der Waals surface area contributed by atoms with E-state index in [9.17, 15) is 4.79 Å². The van der Waals surface area contributed by atoms with Crippen molar-refractivity contribution in [3.63, 3.8) is 0 Å². The molecule has 1 atom stereocenters. The van der Waals surface area contributed by atoms with Crippen LogP contribution in [0.2, 0.25) is 0 Å². The number of likely N-dealkylation sites (tertiary alicyclic amines) is 1. The fourth-order valence-electron chi connectivity index (χ4n) is 2.54. The third kappa shape index (κ3) is 4.32. The van der Waals surface area contributed by atoms with Crippen LogP contribution in [-0.2, 0) is 4.79 Å². The first-order valence-corrected chi connectivity index (χ1v) is 7.38. The number of nitrogens with zero attached hydrogens (tertiary/aromatic N) is 1. The Morgan fingerprint density at radius 1 is 1.35 bits per heavy atom. The van der Waals surface area contributed by atoms with E-state index in [0.717, 1.165) is 31.5 Å². The normalized spacial score (nSPS) is 18.8.